The molecule has 0 bridgehead atoms. The maximum absolute atomic E-state index is 12.1. The number of benzene rings is 1. The predicted molar refractivity (Wildman–Crippen MR) is 87.9 cm³/mol. The summed E-state index contributed by atoms with van der Waals surface area (Å²) in [5, 5.41) is 0. The fraction of sp³-hybridized carbons (Fsp3) is 0.235. The Hall–Kier alpha value is -2.89. The molecule has 0 N–H and O–H groups in total. The van der Waals surface area contributed by atoms with Crippen LogP contribution in [0.15, 0.2) is 46.1 Å². The molecule has 0 saturated heterocycles. The lowest BCUT2D eigenvalue weighted by Crippen LogP contribution is -2.37. The second-order valence-electron chi connectivity index (χ2n) is 5.00. The zero-order valence-electron chi connectivity index (χ0n) is 13.3. The molecule has 2 rings (SSSR count). The lowest BCUT2D eigenvalue weighted by molar-refractivity contribution is 0.104. The third-order valence-electron chi connectivity index (χ3n) is 3.34. The predicted octanol–water partition coefficient (Wildman–Crippen LogP) is 1.38. The average molecular weight is 314 g/mol. The van der Waals surface area contributed by atoms with Crippen molar-refractivity contribution in [2.24, 2.45) is 14.1 Å². The maximum atomic E-state index is 12.1. The van der Waals surface area contributed by atoms with E-state index in [2.05, 4.69) is 0 Å². The van der Waals surface area contributed by atoms with Gasteiger partial charge in [-0.25, -0.2) is 4.79 Å². The zero-order valence-corrected chi connectivity index (χ0v) is 13.3. The van der Waals surface area contributed by atoms with Gasteiger partial charge >= 0.3 is 5.69 Å². The first kappa shape index (κ1) is 16.5. The van der Waals surface area contributed by atoms with Crippen molar-refractivity contribution in [1.29, 1.82) is 0 Å². The van der Waals surface area contributed by atoms with Gasteiger partial charge in [0.15, 0.2) is 5.78 Å². The summed E-state index contributed by atoms with van der Waals surface area (Å²) in [6, 6.07) is 6.76. The van der Waals surface area contributed by atoms with Crippen LogP contribution in [-0.2, 0) is 14.1 Å². The minimum absolute atomic E-state index is 0.232. The van der Waals surface area contributed by atoms with Crippen LogP contribution in [0.4, 0.5) is 0 Å². The highest BCUT2D eigenvalue weighted by Crippen LogP contribution is 2.13. The molecule has 23 heavy (non-hydrogen) atoms. The van der Waals surface area contributed by atoms with Gasteiger partial charge < -0.3 is 9.30 Å². The van der Waals surface area contributed by atoms with Gasteiger partial charge in [-0.1, -0.05) is 0 Å². The van der Waals surface area contributed by atoms with Crippen molar-refractivity contribution < 1.29 is 9.53 Å². The minimum Gasteiger partial charge on any atom is -0.494 e. The highest BCUT2D eigenvalue weighted by Gasteiger charge is 2.06. The van der Waals surface area contributed by atoms with Crippen LogP contribution in [-0.4, -0.2) is 21.5 Å². The van der Waals surface area contributed by atoms with Crippen LogP contribution in [0.1, 0.15) is 22.8 Å². The monoisotopic (exact) mass is 314 g/mol. The molecular formula is C17H18N2O4. The standard InChI is InChI=1S/C17H18N2O4/c1-4-23-14-8-5-12(6-9-14)15(20)10-7-13-11-18(2)17(22)19(3)16(13)21/h5-11H,4H2,1-3H3/b10-7+. The molecule has 120 valence electrons. The molecule has 6 heteroatoms. The van der Waals surface area contributed by atoms with Gasteiger partial charge in [0.25, 0.3) is 5.56 Å². The van der Waals surface area contributed by atoms with Gasteiger partial charge in [0.1, 0.15) is 5.75 Å². The summed E-state index contributed by atoms with van der Waals surface area (Å²) in [5.74, 6) is 0.462. The second kappa shape index (κ2) is 6.91. The first-order chi connectivity index (χ1) is 10.9. The largest absolute Gasteiger partial charge is 0.494 e. The molecule has 6 nitrogen and oxygen atoms in total. The van der Waals surface area contributed by atoms with Crippen LogP contribution in [0, 0.1) is 0 Å². The Morgan fingerprint density at radius 3 is 2.43 bits per heavy atom. The van der Waals surface area contributed by atoms with Crippen LogP contribution >= 0.6 is 0 Å². The number of ketones is 1. The van der Waals surface area contributed by atoms with Gasteiger partial charge in [-0.2, -0.15) is 0 Å². The Labute approximate surface area is 133 Å². The SMILES string of the molecule is CCOc1ccc(C(=O)/C=C/c2cn(C)c(=O)n(C)c2=O)cc1. The van der Waals surface area contributed by atoms with E-state index in [0.29, 0.717) is 17.9 Å². The summed E-state index contributed by atoms with van der Waals surface area (Å²) in [6.07, 6.45) is 4.14. The Morgan fingerprint density at radius 1 is 1.17 bits per heavy atom. The summed E-state index contributed by atoms with van der Waals surface area (Å²) in [4.78, 5) is 35.7. The lowest BCUT2D eigenvalue weighted by Gasteiger charge is -2.04. The third-order valence-corrected chi connectivity index (χ3v) is 3.34. The highest BCUT2D eigenvalue weighted by molar-refractivity contribution is 6.06. The van der Waals surface area contributed by atoms with Crippen molar-refractivity contribution in [2.45, 2.75) is 6.92 Å². The van der Waals surface area contributed by atoms with E-state index in [1.54, 1.807) is 31.3 Å². The molecule has 0 unspecified atom stereocenters. The fourth-order valence-corrected chi connectivity index (χ4v) is 2.09. The smallest absolute Gasteiger partial charge is 0.330 e. The van der Waals surface area contributed by atoms with E-state index in [9.17, 15) is 14.4 Å². The van der Waals surface area contributed by atoms with E-state index in [1.807, 2.05) is 6.92 Å². The number of rotatable bonds is 5. The number of aryl methyl sites for hydroxylation is 1. The van der Waals surface area contributed by atoms with Crippen molar-refractivity contribution in [2.75, 3.05) is 6.61 Å². The molecule has 0 spiro atoms. The van der Waals surface area contributed by atoms with E-state index >= 15 is 0 Å². The van der Waals surface area contributed by atoms with Gasteiger partial charge in [-0.05, 0) is 43.3 Å². The Kier molecular flexibility index (Phi) is 4.95. The van der Waals surface area contributed by atoms with Crippen LogP contribution in [0.3, 0.4) is 0 Å². The van der Waals surface area contributed by atoms with Crippen LogP contribution in [0.2, 0.25) is 0 Å². The summed E-state index contributed by atoms with van der Waals surface area (Å²) >= 11 is 0. The molecule has 0 saturated carbocycles. The summed E-state index contributed by atoms with van der Waals surface area (Å²) in [5.41, 5.74) is -0.0888. The summed E-state index contributed by atoms with van der Waals surface area (Å²) < 4.78 is 7.61. The van der Waals surface area contributed by atoms with Gasteiger partial charge in [-0.3, -0.25) is 14.2 Å². The lowest BCUT2D eigenvalue weighted by atomic mass is 10.1. The van der Waals surface area contributed by atoms with Crippen molar-refractivity contribution in [1.82, 2.24) is 9.13 Å². The van der Waals surface area contributed by atoms with E-state index in [0.717, 1.165) is 4.57 Å². The topological polar surface area (TPSA) is 70.3 Å². The van der Waals surface area contributed by atoms with E-state index < -0.39 is 11.2 Å². The number of nitrogens with zero attached hydrogens (tertiary/aromatic N) is 2. The molecule has 0 radical (unpaired) electrons. The Balaban J connectivity index is 2.25. The first-order valence-corrected chi connectivity index (χ1v) is 7.16. The molecule has 0 aliphatic carbocycles. The summed E-state index contributed by atoms with van der Waals surface area (Å²) in [6.45, 7) is 2.44. The molecule has 1 heterocycles. The van der Waals surface area contributed by atoms with Crippen LogP contribution in [0.25, 0.3) is 6.08 Å². The molecule has 1 aromatic heterocycles. The number of hydrogen-bond acceptors (Lipinski definition) is 4. The second-order valence-corrected chi connectivity index (χ2v) is 5.00. The molecule has 0 fully saturated rings. The molecule has 2 aromatic rings. The third kappa shape index (κ3) is 3.66. The number of carbonyl (C=O) groups is 1. The minimum atomic E-state index is -0.441. The van der Waals surface area contributed by atoms with Crippen molar-refractivity contribution in [3.05, 3.63) is 68.5 Å². The van der Waals surface area contributed by atoms with Gasteiger partial charge in [0, 0.05) is 25.9 Å². The molecular weight excluding hydrogens is 296 g/mol. The first-order valence-electron chi connectivity index (χ1n) is 7.16. The Morgan fingerprint density at radius 2 is 1.83 bits per heavy atom. The quantitative estimate of drug-likeness (QED) is 0.617. The number of hydrogen-bond donors (Lipinski definition) is 0. The summed E-state index contributed by atoms with van der Waals surface area (Å²) in [7, 11) is 2.95. The number of aromatic nitrogens is 2. The van der Waals surface area contributed by atoms with Gasteiger partial charge in [-0.15, -0.1) is 0 Å². The molecule has 0 aliphatic rings. The molecule has 1 aromatic carbocycles. The van der Waals surface area contributed by atoms with E-state index in [1.165, 1.54) is 30.0 Å². The average Bonchev–Trinajstić information content (AvgIpc) is 2.55. The molecule has 0 atom stereocenters. The highest BCUT2D eigenvalue weighted by atomic mass is 16.5. The van der Waals surface area contributed by atoms with Crippen molar-refractivity contribution in [3.63, 3.8) is 0 Å². The van der Waals surface area contributed by atoms with Crippen LogP contribution in [0.5, 0.6) is 5.75 Å². The molecule has 0 aliphatic heterocycles. The van der Waals surface area contributed by atoms with Crippen molar-refractivity contribution >= 4 is 11.9 Å². The van der Waals surface area contributed by atoms with E-state index in [4.69, 9.17) is 4.74 Å². The number of carbonyl (C=O) groups excluding carboxylic acids is 1. The van der Waals surface area contributed by atoms with E-state index in [-0.39, 0.29) is 11.3 Å². The van der Waals surface area contributed by atoms with Gasteiger partial charge in [0.05, 0.1) is 12.2 Å². The molecule has 0 amide bonds. The fourth-order valence-electron chi connectivity index (χ4n) is 2.09. The van der Waals surface area contributed by atoms with Gasteiger partial charge in [0.2, 0.25) is 0 Å². The van der Waals surface area contributed by atoms with Crippen molar-refractivity contribution in [3.8, 4) is 5.75 Å². The Bertz CT molecular complexity index is 858. The normalized spacial score (nSPS) is 10.9. The zero-order chi connectivity index (χ0) is 17.0. The van der Waals surface area contributed by atoms with Crippen LogP contribution < -0.4 is 16.0 Å². The number of ether oxygens (including phenoxy) is 1. The number of allylic oxidation sites excluding steroid dienone is 1. The maximum Gasteiger partial charge on any atom is 0.330 e.